The molecule has 0 aromatic carbocycles. The summed E-state index contributed by atoms with van der Waals surface area (Å²) in [6.45, 7) is 2.21. The van der Waals surface area contributed by atoms with Crippen LogP contribution in [0.3, 0.4) is 0 Å². The van der Waals surface area contributed by atoms with Gasteiger partial charge >= 0.3 is 6.09 Å². The second-order valence-corrected chi connectivity index (χ2v) is 6.58. The minimum absolute atomic E-state index is 0.374. The number of nitrogens with one attached hydrogen (secondary N) is 1. The molecule has 2 aliphatic carbocycles. The molecule has 1 aromatic heterocycles. The summed E-state index contributed by atoms with van der Waals surface area (Å²) in [6, 6.07) is 0. The summed E-state index contributed by atoms with van der Waals surface area (Å²) in [5.41, 5.74) is 2.52. The average Bonchev–Trinajstić information content (AvgIpc) is 2.76. The Balaban J connectivity index is 1.90. The number of ether oxygens (including phenoxy) is 1. The lowest BCUT2D eigenvalue weighted by Gasteiger charge is -2.29. The van der Waals surface area contributed by atoms with Gasteiger partial charge in [-0.1, -0.05) is 25.7 Å². The van der Waals surface area contributed by atoms with Crippen molar-refractivity contribution < 1.29 is 9.53 Å². The summed E-state index contributed by atoms with van der Waals surface area (Å²) in [7, 11) is 1.93. The Morgan fingerprint density at radius 2 is 1.86 bits per heavy atom. The minimum atomic E-state index is -0.374. The number of aryl methyl sites for hydroxylation is 1. The van der Waals surface area contributed by atoms with E-state index in [0.717, 1.165) is 5.82 Å². The fourth-order valence-electron chi connectivity index (χ4n) is 3.75. The van der Waals surface area contributed by atoms with Gasteiger partial charge in [-0.3, -0.25) is 10.00 Å². The van der Waals surface area contributed by atoms with Crippen LogP contribution in [0.4, 0.5) is 10.6 Å². The highest BCUT2D eigenvalue weighted by Gasteiger charge is 2.33. The van der Waals surface area contributed by atoms with Gasteiger partial charge in [0.05, 0.1) is 12.3 Å². The molecule has 1 aromatic rings. The zero-order valence-corrected chi connectivity index (χ0v) is 13.7. The molecule has 5 heteroatoms. The number of aromatic nitrogens is 2. The van der Waals surface area contributed by atoms with E-state index in [-0.39, 0.29) is 6.09 Å². The first-order chi connectivity index (χ1) is 10.7. The Morgan fingerprint density at radius 1 is 1.18 bits per heavy atom. The van der Waals surface area contributed by atoms with Crippen molar-refractivity contribution in [2.45, 2.75) is 70.1 Å². The van der Waals surface area contributed by atoms with E-state index in [1.54, 1.807) is 0 Å². The molecular weight excluding hydrogens is 278 g/mol. The monoisotopic (exact) mass is 305 g/mol. The van der Waals surface area contributed by atoms with Crippen molar-refractivity contribution in [1.29, 1.82) is 0 Å². The number of carbonyl (C=O) groups is 1. The summed E-state index contributed by atoms with van der Waals surface area (Å²) in [5.74, 6) is 1.97. The van der Waals surface area contributed by atoms with Gasteiger partial charge in [-0.25, -0.2) is 4.79 Å². The van der Waals surface area contributed by atoms with Crippen molar-refractivity contribution in [3.05, 3.63) is 11.3 Å². The van der Waals surface area contributed by atoms with E-state index in [2.05, 4.69) is 5.32 Å². The van der Waals surface area contributed by atoms with E-state index in [1.807, 2.05) is 18.7 Å². The normalized spacial score (nSPS) is 19.7. The lowest BCUT2D eigenvalue weighted by molar-refractivity contribution is 0.167. The van der Waals surface area contributed by atoms with Crippen LogP contribution in [-0.2, 0) is 11.8 Å². The van der Waals surface area contributed by atoms with E-state index >= 15 is 0 Å². The van der Waals surface area contributed by atoms with Gasteiger partial charge in [-0.2, -0.15) is 5.10 Å². The van der Waals surface area contributed by atoms with Crippen LogP contribution in [0.5, 0.6) is 0 Å². The highest BCUT2D eigenvalue weighted by molar-refractivity contribution is 5.85. The Bertz CT molecular complexity index is 528. The Hall–Kier alpha value is -1.52. The van der Waals surface area contributed by atoms with E-state index in [0.29, 0.717) is 18.4 Å². The number of carbonyl (C=O) groups excluding carboxylic acids is 1. The molecule has 0 bridgehead atoms. The van der Waals surface area contributed by atoms with Crippen molar-refractivity contribution in [2.24, 2.45) is 7.05 Å². The van der Waals surface area contributed by atoms with Gasteiger partial charge in [-0.05, 0) is 38.5 Å². The summed E-state index contributed by atoms with van der Waals surface area (Å²) in [5, 5.41) is 7.72. The minimum Gasteiger partial charge on any atom is -0.450 e. The second-order valence-electron chi connectivity index (χ2n) is 6.58. The standard InChI is InChI=1S/C17H27N3O2/c1-3-22-17(21)18-16-14(12-10-7-11-12)15(19-20(16)2)13-8-5-4-6-9-13/h12-13H,3-11H2,1-2H3,(H,18,21). The first-order valence-electron chi connectivity index (χ1n) is 8.71. The van der Waals surface area contributed by atoms with Crippen molar-refractivity contribution in [1.82, 2.24) is 9.78 Å². The van der Waals surface area contributed by atoms with Crippen molar-refractivity contribution in [3.8, 4) is 0 Å². The van der Waals surface area contributed by atoms with E-state index < -0.39 is 0 Å². The van der Waals surface area contributed by atoms with Gasteiger partial charge in [0, 0.05) is 18.5 Å². The van der Waals surface area contributed by atoms with Crippen LogP contribution in [-0.4, -0.2) is 22.5 Å². The van der Waals surface area contributed by atoms with Gasteiger partial charge in [0.2, 0.25) is 0 Å². The Morgan fingerprint density at radius 3 is 2.45 bits per heavy atom. The Labute approximate surface area is 132 Å². The number of anilines is 1. The lowest BCUT2D eigenvalue weighted by Crippen LogP contribution is -2.19. The third-order valence-corrected chi connectivity index (χ3v) is 5.11. The van der Waals surface area contributed by atoms with Gasteiger partial charge < -0.3 is 4.74 Å². The van der Waals surface area contributed by atoms with Crippen LogP contribution in [0.2, 0.25) is 0 Å². The zero-order chi connectivity index (χ0) is 15.5. The van der Waals surface area contributed by atoms with Crippen LogP contribution in [0.1, 0.15) is 81.4 Å². The van der Waals surface area contributed by atoms with Crippen LogP contribution in [0.25, 0.3) is 0 Å². The third kappa shape index (κ3) is 2.99. The van der Waals surface area contributed by atoms with Crippen LogP contribution in [0, 0.1) is 0 Å². The highest BCUT2D eigenvalue weighted by Crippen LogP contribution is 2.45. The number of amides is 1. The van der Waals surface area contributed by atoms with Gasteiger partial charge in [-0.15, -0.1) is 0 Å². The van der Waals surface area contributed by atoms with Crippen molar-refractivity contribution in [3.63, 3.8) is 0 Å². The molecule has 3 rings (SSSR count). The SMILES string of the molecule is CCOC(=O)Nc1c(C2CCC2)c(C2CCCCC2)nn1C. The molecule has 122 valence electrons. The quantitative estimate of drug-likeness (QED) is 0.902. The molecule has 2 fully saturated rings. The number of hydrogen-bond acceptors (Lipinski definition) is 3. The fourth-order valence-corrected chi connectivity index (χ4v) is 3.75. The third-order valence-electron chi connectivity index (χ3n) is 5.11. The first kappa shape index (κ1) is 15.4. The van der Waals surface area contributed by atoms with Gasteiger partial charge in [0.25, 0.3) is 0 Å². The molecule has 2 aliphatic rings. The molecule has 0 saturated heterocycles. The van der Waals surface area contributed by atoms with Gasteiger partial charge in [0.15, 0.2) is 0 Å². The lowest BCUT2D eigenvalue weighted by atomic mass is 9.76. The second kappa shape index (κ2) is 6.71. The maximum atomic E-state index is 11.9. The molecule has 5 nitrogen and oxygen atoms in total. The van der Waals surface area contributed by atoms with Crippen LogP contribution in [0.15, 0.2) is 0 Å². The molecule has 0 atom stereocenters. The molecule has 1 N–H and O–H groups in total. The van der Waals surface area contributed by atoms with Crippen LogP contribution < -0.4 is 5.32 Å². The first-order valence-corrected chi connectivity index (χ1v) is 8.71. The molecule has 2 saturated carbocycles. The van der Waals surface area contributed by atoms with Crippen LogP contribution >= 0.6 is 0 Å². The molecule has 1 heterocycles. The maximum Gasteiger partial charge on any atom is 0.412 e. The predicted octanol–water partition coefficient (Wildman–Crippen LogP) is 4.30. The zero-order valence-electron chi connectivity index (χ0n) is 13.7. The molecule has 0 spiro atoms. The summed E-state index contributed by atoms with van der Waals surface area (Å²) >= 11 is 0. The Kier molecular flexibility index (Phi) is 4.69. The number of nitrogens with zero attached hydrogens (tertiary/aromatic N) is 2. The molecule has 0 radical (unpaired) electrons. The number of rotatable bonds is 4. The highest BCUT2D eigenvalue weighted by atomic mass is 16.5. The van der Waals surface area contributed by atoms with E-state index in [4.69, 9.17) is 9.84 Å². The number of hydrogen-bond donors (Lipinski definition) is 1. The van der Waals surface area contributed by atoms with Gasteiger partial charge in [0.1, 0.15) is 5.82 Å². The van der Waals surface area contributed by atoms with Crippen molar-refractivity contribution in [2.75, 3.05) is 11.9 Å². The molecular formula is C17H27N3O2. The predicted molar refractivity (Wildman–Crippen MR) is 86.3 cm³/mol. The van der Waals surface area contributed by atoms with E-state index in [9.17, 15) is 4.79 Å². The molecule has 22 heavy (non-hydrogen) atoms. The smallest absolute Gasteiger partial charge is 0.412 e. The van der Waals surface area contributed by atoms with E-state index in [1.165, 1.54) is 62.6 Å². The molecule has 0 aliphatic heterocycles. The molecule has 0 unspecified atom stereocenters. The maximum absolute atomic E-state index is 11.9. The topological polar surface area (TPSA) is 56.1 Å². The fraction of sp³-hybridized carbons (Fsp3) is 0.765. The summed E-state index contributed by atoms with van der Waals surface area (Å²) in [4.78, 5) is 11.9. The average molecular weight is 305 g/mol. The molecule has 1 amide bonds. The van der Waals surface area contributed by atoms with Crippen molar-refractivity contribution >= 4 is 11.9 Å². The summed E-state index contributed by atoms with van der Waals surface area (Å²) in [6.07, 6.45) is 9.73. The summed E-state index contributed by atoms with van der Waals surface area (Å²) < 4.78 is 6.89. The largest absolute Gasteiger partial charge is 0.450 e.